The van der Waals surface area contributed by atoms with Gasteiger partial charge in [-0.05, 0) is 36.0 Å². The highest BCUT2D eigenvalue weighted by Crippen LogP contribution is 2.32. The van der Waals surface area contributed by atoms with Gasteiger partial charge in [-0.25, -0.2) is 4.79 Å². The van der Waals surface area contributed by atoms with E-state index < -0.39 is 13.9 Å². The average molecular weight is 459 g/mol. The van der Waals surface area contributed by atoms with Crippen LogP contribution in [0.15, 0.2) is 121 Å². The molecule has 4 aromatic carbocycles. The summed E-state index contributed by atoms with van der Waals surface area (Å²) < 4.78 is 0. The molecule has 33 heavy (non-hydrogen) atoms. The first-order valence-corrected chi connectivity index (χ1v) is 12.7. The third kappa shape index (κ3) is 10.3. The van der Waals surface area contributed by atoms with Gasteiger partial charge in [-0.3, -0.25) is 0 Å². The summed E-state index contributed by atoms with van der Waals surface area (Å²) in [6.45, 7) is 8.25. The maximum atomic E-state index is 10.2. The maximum absolute atomic E-state index is 10.2. The standard InChI is InChI=1S/C18H15P.C7H6O2.C3H8.C2H6/c1-4-10-16(11-5-1)19(17-12-6-2-7-13-17)18-14-8-3-9-15-18;8-7(9)6-4-2-1-3-5-6;1-3-2;1-2/h1-15H;1-5H,(H,8,9);3H2,1-2H3;1-2H3. The molecule has 0 aromatic heterocycles. The number of hydrogen-bond acceptors (Lipinski definition) is 1. The predicted octanol–water partition coefficient (Wildman–Crippen LogP) is 7.27. The van der Waals surface area contributed by atoms with E-state index in [1.54, 1.807) is 30.3 Å². The summed E-state index contributed by atoms with van der Waals surface area (Å²) in [4.78, 5) is 10.2. The molecule has 0 aliphatic heterocycles. The van der Waals surface area contributed by atoms with E-state index >= 15 is 0 Å². The number of benzene rings is 4. The van der Waals surface area contributed by atoms with Crippen molar-refractivity contribution in [2.24, 2.45) is 0 Å². The van der Waals surface area contributed by atoms with Crippen LogP contribution in [0.5, 0.6) is 0 Å². The number of carbonyl (C=O) groups is 1. The molecule has 3 heteroatoms. The lowest BCUT2D eigenvalue weighted by Crippen LogP contribution is -2.20. The quantitative estimate of drug-likeness (QED) is 0.327. The molecule has 2 nitrogen and oxygen atoms in total. The van der Waals surface area contributed by atoms with E-state index in [4.69, 9.17) is 5.11 Å². The molecule has 0 unspecified atom stereocenters. The van der Waals surface area contributed by atoms with Gasteiger partial charge in [0.2, 0.25) is 0 Å². The van der Waals surface area contributed by atoms with Gasteiger partial charge in [-0.2, -0.15) is 0 Å². The Morgan fingerprint density at radius 1 is 0.576 bits per heavy atom. The minimum Gasteiger partial charge on any atom is -0.478 e. The molecule has 0 heterocycles. The second-order valence-electron chi connectivity index (χ2n) is 6.72. The lowest BCUT2D eigenvalue weighted by atomic mass is 10.2. The Labute approximate surface area is 200 Å². The van der Waals surface area contributed by atoms with Gasteiger partial charge in [0.05, 0.1) is 5.56 Å². The van der Waals surface area contributed by atoms with Gasteiger partial charge in [0.25, 0.3) is 0 Å². The third-order valence-corrected chi connectivity index (χ3v) is 6.51. The van der Waals surface area contributed by atoms with Crippen LogP contribution in [0.1, 0.15) is 44.5 Å². The van der Waals surface area contributed by atoms with Crippen LogP contribution >= 0.6 is 7.92 Å². The summed E-state index contributed by atoms with van der Waals surface area (Å²) in [5.41, 5.74) is 0.331. The minimum atomic E-state index is -0.879. The monoisotopic (exact) mass is 458 g/mol. The van der Waals surface area contributed by atoms with Crippen molar-refractivity contribution in [2.45, 2.75) is 34.1 Å². The van der Waals surface area contributed by atoms with Gasteiger partial charge in [-0.1, -0.05) is 143 Å². The van der Waals surface area contributed by atoms with E-state index in [-0.39, 0.29) is 0 Å². The zero-order valence-corrected chi connectivity index (χ0v) is 21.0. The van der Waals surface area contributed by atoms with Crippen LogP contribution < -0.4 is 15.9 Å². The van der Waals surface area contributed by atoms with Crippen molar-refractivity contribution in [3.05, 3.63) is 127 Å². The molecule has 4 aromatic rings. The molecule has 0 amide bonds. The first kappa shape index (κ1) is 27.8. The van der Waals surface area contributed by atoms with Crippen molar-refractivity contribution in [3.63, 3.8) is 0 Å². The second kappa shape index (κ2) is 17.3. The molecule has 0 saturated heterocycles. The number of rotatable bonds is 4. The lowest BCUT2D eigenvalue weighted by Gasteiger charge is -2.18. The first-order valence-electron chi connectivity index (χ1n) is 11.4. The van der Waals surface area contributed by atoms with Crippen LogP contribution in [0.3, 0.4) is 0 Å². The highest BCUT2D eigenvalue weighted by atomic mass is 31.1. The van der Waals surface area contributed by atoms with E-state index in [9.17, 15) is 4.79 Å². The fourth-order valence-electron chi connectivity index (χ4n) is 2.76. The van der Waals surface area contributed by atoms with Gasteiger partial charge < -0.3 is 5.11 Å². The van der Waals surface area contributed by atoms with E-state index in [0.717, 1.165) is 0 Å². The van der Waals surface area contributed by atoms with Crippen molar-refractivity contribution in [1.29, 1.82) is 0 Å². The van der Waals surface area contributed by atoms with Crippen LogP contribution in [0.2, 0.25) is 0 Å². The average Bonchev–Trinajstić information content (AvgIpc) is 2.89. The number of aromatic carboxylic acids is 1. The molecule has 0 radical (unpaired) electrons. The number of hydrogen-bond donors (Lipinski definition) is 1. The van der Waals surface area contributed by atoms with Crippen LogP contribution in [0, 0.1) is 0 Å². The Balaban J connectivity index is 0.000000326. The zero-order valence-electron chi connectivity index (χ0n) is 20.1. The molecular weight excluding hydrogens is 423 g/mol. The fraction of sp³-hybridized carbons (Fsp3) is 0.167. The summed E-state index contributed by atoms with van der Waals surface area (Å²) in [6.07, 6.45) is 1.25. The van der Waals surface area contributed by atoms with Crippen molar-refractivity contribution in [3.8, 4) is 0 Å². The summed E-state index contributed by atoms with van der Waals surface area (Å²) in [5, 5.41) is 12.6. The number of carboxylic acid groups (broad SMARTS) is 1. The molecule has 172 valence electrons. The van der Waals surface area contributed by atoms with Gasteiger partial charge in [0.15, 0.2) is 0 Å². The lowest BCUT2D eigenvalue weighted by molar-refractivity contribution is 0.0697. The highest BCUT2D eigenvalue weighted by molar-refractivity contribution is 7.79. The van der Waals surface area contributed by atoms with E-state index in [1.165, 1.54) is 22.3 Å². The number of carboxylic acids is 1. The topological polar surface area (TPSA) is 37.3 Å². The molecule has 0 fully saturated rings. The van der Waals surface area contributed by atoms with E-state index in [1.807, 2.05) is 13.8 Å². The van der Waals surface area contributed by atoms with Gasteiger partial charge in [-0.15, -0.1) is 0 Å². The van der Waals surface area contributed by atoms with Gasteiger partial charge in [0, 0.05) is 0 Å². The van der Waals surface area contributed by atoms with Crippen LogP contribution in [0.25, 0.3) is 0 Å². The Bertz CT molecular complexity index is 894. The molecule has 0 bridgehead atoms. The molecule has 0 aliphatic carbocycles. The maximum Gasteiger partial charge on any atom is 0.335 e. The Morgan fingerprint density at radius 3 is 1.03 bits per heavy atom. The van der Waals surface area contributed by atoms with Gasteiger partial charge in [0.1, 0.15) is 0 Å². The van der Waals surface area contributed by atoms with E-state index in [2.05, 4.69) is 105 Å². The van der Waals surface area contributed by atoms with Crippen molar-refractivity contribution >= 4 is 29.8 Å². The molecule has 4 rings (SSSR count). The Kier molecular flexibility index (Phi) is 14.6. The molecular formula is C30H35O2P. The molecule has 1 N–H and O–H groups in total. The normalized spacial score (nSPS) is 9.24. The molecule has 0 spiro atoms. The van der Waals surface area contributed by atoms with Gasteiger partial charge >= 0.3 is 5.97 Å². The van der Waals surface area contributed by atoms with Crippen molar-refractivity contribution in [1.82, 2.24) is 0 Å². The predicted molar refractivity (Wildman–Crippen MR) is 146 cm³/mol. The molecule has 0 aliphatic rings. The fourth-order valence-corrected chi connectivity index (χ4v) is 5.06. The van der Waals surface area contributed by atoms with Crippen molar-refractivity contribution < 1.29 is 9.90 Å². The molecule has 0 saturated carbocycles. The van der Waals surface area contributed by atoms with Crippen LogP contribution in [0.4, 0.5) is 0 Å². The summed E-state index contributed by atoms with van der Waals surface area (Å²) >= 11 is 0. The van der Waals surface area contributed by atoms with Crippen LogP contribution in [-0.2, 0) is 0 Å². The zero-order chi connectivity index (χ0) is 24.3. The minimum absolute atomic E-state index is 0.331. The van der Waals surface area contributed by atoms with Crippen LogP contribution in [-0.4, -0.2) is 11.1 Å². The summed E-state index contributed by atoms with van der Waals surface area (Å²) in [6, 6.07) is 40.6. The first-order chi connectivity index (χ1) is 16.2. The summed E-state index contributed by atoms with van der Waals surface area (Å²) in [5.74, 6) is -0.879. The molecule has 0 atom stereocenters. The second-order valence-corrected chi connectivity index (χ2v) is 8.94. The summed E-state index contributed by atoms with van der Waals surface area (Å²) in [7, 11) is -0.446. The van der Waals surface area contributed by atoms with E-state index in [0.29, 0.717) is 5.56 Å². The third-order valence-electron chi connectivity index (χ3n) is 4.06. The smallest absolute Gasteiger partial charge is 0.335 e. The largest absolute Gasteiger partial charge is 0.478 e. The highest BCUT2D eigenvalue weighted by Gasteiger charge is 2.14. The SMILES string of the molecule is CC.CCC.O=C(O)c1ccccc1.c1ccc(P(c2ccccc2)c2ccccc2)cc1. The van der Waals surface area contributed by atoms with Crippen molar-refractivity contribution in [2.75, 3.05) is 0 Å². The Morgan fingerprint density at radius 2 is 0.818 bits per heavy atom. The Hall–Kier alpha value is -3.22.